The lowest BCUT2D eigenvalue weighted by Gasteiger charge is -2.36. The lowest BCUT2D eigenvalue weighted by atomic mass is 9.59. The first-order chi connectivity index (χ1) is 20.3. The van der Waals surface area contributed by atoms with Crippen molar-refractivity contribution in [3.63, 3.8) is 0 Å². The number of benzene rings is 2. The van der Waals surface area contributed by atoms with Gasteiger partial charge in [-0.05, 0) is 69.3 Å². The minimum atomic E-state index is -1.62. The first kappa shape index (κ1) is 30.4. The van der Waals surface area contributed by atoms with E-state index in [-0.39, 0.29) is 29.9 Å². The number of fused-ring (bicyclic) bond motifs is 2. The number of halogens is 1. The molecule has 2 aliphatic heterocycles. The molecule has 4 radical (unpaired) electrons. The largest absolute Gasteiger partial charge is 0.496 e. The Kier molecular flexibility index (Phi) is 8.13. The van der Waals surface area contributed by atoms with E-state index in [9.17, 15) is 4.79 Å². The van der Waals surface area contributed by atoms with Gasteiger partial charge in [-0.15, -0.1) is 0 Å². The third kappa shape index (κ3) is 6.18. The van der Waals surface area contributed by atoms with Crippen LogP contribution in [0.1, 0.15) is 42.4 Å². The highest BCUT2D eigenvalue weighted by atomic mass is 19.1. The monoisotopic (exact) mass is 577 g/mol. The summed E-state index contributed by atoms with van der Waals surface area (Å²) < 4.78 is 28.2. The number of pyridine rings is 1. The molecular weight excluding hydrogens is 543 g/mol. The normalized spacial score (nSPS) is 16.3. The van der Waals surface area contributed by atoms with Crippen LogP contribution in [0.4, 0.5) is 4.39 Å². The van der Waals surface area contributed by atoms with Crippen LogP contribution >= 0.6 is 0 Å². The second kappa shape index (κ2) is 11.5. The molecule has 0 N–H and O–H groups in total. The van der Waals surface area contributed by atoms with Crippen molar-refractivity contribution in [3.8, 4) is 16.9 Å². The molecule has 2 aromatic carbocycles. The maximum Gasteiger partial charge on any atom is 0.255 e. The van der Waals surface area contributed by atoms with Gasteiger partial charge in [0.15, 0.2) is 0 Å². The minimum Gasteiger partial charge on any atom is -0.496 e. The minimum absolute atomic E-state index is 0.0677. The summed E-state index contributed by atoms with van der Waals surface area (Å²) in [4.78, 5) is 20.5. The van der Waals surface area contributed by atoms with E-state index >= 15 is 4.39 Å². The number of hydrogen-bond acceptors (Lipinski definition) is 6. The Balaban J connectivity index is 0.000000472. The molecule has 0 unspecified atom stereocenters. The van der Waals surface area contributed by atoms with Gasteiger partial charge in [-0.3, -0.25) is 19.4 Å². The molecule has 6 rings (SSSR count). The molecule has 0 bridgehead atoms. The maximum atomic E-state index is 15.4. The standard InChI is InChI=1S/C26H22B2FN5O2.C6H12O/c1-32-12-17(13-32)36-22-8-7-18(20-14-33(2)31-23(20)22)15-5-6-16(21(29)10-15)11-34-25(35)19-4-3-9-30-24(19)26(34,27)28;1-5-7-6(2,3)4/h3-10,14,17H,11-13H2,1-2H3;5H,1H2,2-4H3. The number of ether oxygens (including phenoxy) is 2. The zero-order valence-electron chi connectivity index (χ0n) is 25.2. The van der Waals surface area contributed by atoms with Gasteiger partial charge in [-0.25, -0.2) is 4.39 Å². The van der Waals surface area contributed by atoms with Gasteiger partial charge in [0.05, 0.1) is 38.8 Å². The van der Waals surface area contributed by atoms with Crippen LogP contribution in [0.15, 0.2) is 67.7 Å². The van der Waals surface area contributed by atoms with Crippen molar-refractivity contribution < 1.29 is 18.7 Å². The number of rotatable bonds is 6. The van der Waals surface area contributed by atoms with Crippen molar-refractivity contribution in [2.45, 2.75) is 44.4 Å². The van der Waals surface area contributed by atoms with Crippen LogP contribution in [0.3, 0.4) is 0 Å². The molecule has 2 aliphatic rings. The Morgan fingerprint density at radius 2 is 1.88 bits per heavy atom. The number of hydrogen-bond donors (Lipinski definition) is 0. The predicted octanol–water partition coefficient (Wildman–Crippen LogP) is 4.52. The van der Waals surface area contributed by atoms with E-state index in [1.165, 1.54) is 23.4 Å². The fraction of sp³-hybridized carbons (Fsp3) is 0.344. The van der Waals surface area contributed by atoms with E-state index in [1.807, 2.05) is 59.3 Å². The smallest absolute Gasteiger partial charge is 0.255 e. The zero-order valence-corrected chi connectivity index (χ0v) is 25.2. The lowest BCUT2D eigenvalue weighted by Crippen LogP contribution is -2.51. The molecule has 43 heavy (non-hydrogen) atoms. The van der Waals surface area contributed by atoms with Gasteiger partial charge in [0.2, 0.25) is 0 Å². The Bertz CT molecular complexity index is 1680. The second-order valence-electron chi connectivity index (χ2n) is 12.0. The van der Waals surface area contributed by atoms with Crippen LogP contribution in [-0.2, 0) is 23.7 Å². The van der Waals surface area contributed by atoms with Crippen molar-refractivity contribution in [1.29, 1.82) is 0 Å². The maximum absolute atomic E-state index is 15.4. The molecule has 1 saturated heterocycles. The van der Waals surface area contributed by atoms with Crippen LogP contribution < -0.4 is 4.74 Å². The van der Waals surface area contributed by atoms with Crippen molar-refractivity contribution >= 4 is 32.5 Å². The van der Waals surface area contributed by atoms with E-state index < -0.39 is 11.2 Å². The van der Waals surface area contributed by atoms with Crippen LogP contribution in [0, 0.1) is 5.82 Å². The van der Waals surface area contributed by atoms with Gasteiger partial charge >= 0.3 is 0 Å². The average molecular weight is 577 g/mol. The van der Waals surface area contributed by atoms with Crippen LogP contribution in [0.2, 0.25) is 0 Å². The third-order valence-electron chi connectivity index (χ3n) is 7.32. The fourth-order valence-electron chi connectivity index (χ4n) is 5.24. The van der Waals surface area contributed by atoms with Crippen LogP contribution in [0.5, 0.6) is 5.75 Å². The Morgan fingerprint density at radius 3 is 2.49 bits per heavy atom. The first-order valence-electron chi connectivity index (χ1n) is 14.0. The highest BCUT2D eigenvalue weighted by molar-refractivity contribution is 6.42. The molecule has 0 spiro atoms. The summed E-state index contributed by atoms with van der Waals surface area (Å²) in [6.45, 7) is 11.0. The van der Waals surface area contributed by atoms with Crippen molar-refractivity contribution in [2.24, 2.45) is 7.05 Å². The third-order valence-corrected chi connectivity index (χ3v) is 7.32. The summed E-state index contributed by atoms with van der Waals surface area (Å²) in [7, 11) is 16.4. The van der Waals surface area contributed by atoms with Gasteiger partial charge in [-0.2, -0.15) is 5.10 Å². The fourth-order valence-corrected chi connectivity index (χ4v) is 5.24. The first-order valence-corrected chi connectivity index (χ1v) is 14.0. The zero-order chi connectivity index (χ0) is 31.1. The average Bonchev–Trinajstić information content (AvgIpc) is 3.40. The molecule has 1 fully saturated rings. The number of nitrogens with zero attached hydrogens (tertiary/aromatic N) is 5. The Morgan fingerprint density at radius 1 is 1.14 bits per heavy atom. The molecule has 2 aromatic heterocycles. The summed E-state index contributed by atoms with van der Waals surface area (Å²) in [5.74, 6) is -0.126. The van der Waals surface area contributed by atoms with Gasteiger partial charge in [0, 0.05) is 55.4 Å². The molecule has 0 saturated carbocycles. The number of amides is 1. The van der Waals surface area contributed by atoms with Crippen molar-refractivity contribution in [3.05, 3.63) is 90.3 Å². The molecule has 11 heteroatoms. The summed E-state index contributed by atoms with van der Waals surface area (Å²) in [6.07, 6.45) is 5.02. The quantitative estimate of drug-likeness (QED) is 0.248. The summed E-state index contributed by atoms with van der Waals surface area (Å²) >= 11 is 0. The lowest BCUT2D eigenvalue weighted by molar-refractivity contribution is 0.0398. The number of aryl methyl sites for hydroxylation is 1. The van der Waals surface area contributed by atoms with Gasteiger partial charge in [0.1, 0.15) is 23.2 Å². The Hall–Kier alpha value is -4.11. The van der Waals surface area contributed by atoms with Crippen molar-refractivity contribution in [2.75, 3.05) is 20.1 Å². The number of aromatic nitrogens is 3. The Labute approximate surface area is 254 Å². The van der Waals surface area contributed by atoms with Crippen molar-refractivity contribution in [1.82, 2.24) is 24.6 Å². The summed E-state index contributed by atoms with van der Waals surface area (Å²) in [6, 6.07) is 12.0. The van der Waals surface area contributed by atoms with Gasteiger partial charge in [-0.1, -0.05) is 18.7 Å². The van der Waals surface area contributed by atoms with E-state index in [0.717, 1.165) is 29.6 Å². The number of carbonyl (C=O) groups is 1. The molecule has 4 heterocycles. The molecule has 8 nitrogen and oxygen atoms in total. The van der Waals surface area contributed by atoms with Crippen LogP contribution in [-0.4, -0.2) is 78.0 Å². The summed E-state index contributed by atoms with van der Waals surface area (Å²) in [5.41, 5.74) is 3.10. The van der Waals surface area contributed by atoms with E-state index in [0.29, 0.717) is 22.4 Å². The molecule has 0 aliphatic carbocycles. The SMILES string of the molecule is C=COC(C)(C)C.[B]C1([B])c2ncccc2C(=O)N1Cc1ccc(-c2ccc(OC3CN(C)C3)c3nn(C)cc23)cc1F. The number of carbonyl (C=O) groups excluding carboxylic acids is 1. The van der Waals surface area contributed by atoms with Gasteiger partial charge < -0.3 is 14.4 Å². The highest BCUT2D eigenvalue weighted by Crippen LogP contribution is 2.37. The number of likely N-dealkylation sites (tertiary alicyclic amines) is 1. The number of likely N-dealkylation sites (N-methyl/N-ethyl adjacent to an activating group) is 1. The molecule has 0 atom stereocenters. The second-order valence-corrected chi connectivity index (χ2v) is 12.0. The molecule has 4 aromatic rings. The van der Waals surface area contributed by atoms with Crippen LogP contribution in [0.25, 0.3) is 22.0 Å². The van der Waals surface area contributed by atoms with E-state index in [1.54, 1.807) is 22.9 Å². The topological polar surface area (TPSA) is 72.7 Å². The predicted molar refractivity (Wildman–Crippen MR) is 166 cm³/mol. The molecule has 218 valence electrons. The highest BCUT2D eigenvalue weighted by Gasteiger charge is 2.43. The summed E-state index contributed by atoms with van der Waals surface area (Å²) in [5, 5.41) is 3.84. The molecular formula is C32H34B2FN5O3. The van der Waals surface area contributed by atoms with E-state index in [2.05, 4.69) is 21.6 Å². The van der Waals surface area contributed by atoms with Gasteiger partial charge in [0.25, 0.3) is 5.91 Å². The van der Waals surface area contributed by atoms with E-state index in [4.69, 9.17) is 25.2 Å². The molecule has 1 amide bonds.